The highest BCUT2D eigenvalue weighted by atomic mass is 16.2. The molecule has 1 aromatic rings. The van der Waals surface area contributed by atoms with Gasteiger partial charge in [-0.2, -0.15) is 0 Å². The number of rotatable bonds is 8. The number of hydrogen-bond acceptors (Lipinski definition) is 3. The van der Waals surface area contributed by atoms with Gasteiger partial charge in [0.05, 0.1) is 6.54 Å². The Kier molecular flexibility index (Phi) is 7.43. The number of benzene rings is 1. The van der Waals surface area contributed by atoms with Gasteiger partial charge in [-0.1, -0.05) is 33.3 Å². The number of aryl methyl sites for hydroxylation is 1. The van der Waals surface area contributed by atoms with E-state index in [1.165, 1.54) is 0 Å². The van der Waals surface area contributed by atoms with Gasteiger partial charge in [0.25, 0.3) is 0 Å². The third-order valence-electron chi connectivity index (χ3n) is 3.32. The lowest BCUT2D eigenvalue weighted by Crippen LogP contribution is -2.30. The van der Waals surface area contributed by atoms with Gasteiger partial charge in [0.1, 0.15) is 0 Å². The van der Waals surface area contributed by atoms with E-state index in [-0.39, 0.29) is 24.3 Å². The van der Waals surface area contributed by atoms with Crippen LogP contribution in [0.15, 0.2) is 18.2 Å². The summed E-state index contributed by atoms with van der Waals surface area (Å²) in [6.07, 6.45) is 2.05. The molecule has 2 amide bonds. The highest BCUT2D eigenvalue weighted by Crippen LogP contribution is 2.20. The molecular weight excluding hydrogens is 278 g/mol. The average molecular weight is 305 g/mol. The zero-order valence-corrected chi connectivity index (χ0v) is 14.0. The number of carbonyl (C=O) groups excluding carboxylic acids is 2. The molecule has 5 nitrogen and oxygen atoms in total. The van der Waals surface area contributed by atoms with Crippen molar-refractivity contribution in [2.24, 2.45) is 5.92 Å². The minimum atomic E-state index is -0.0675. The molecule has 5 heteroatoms. The molecule has 0 radical (unpaired) electrons. The lowest BCUT2D eigenvalue weighted by Gasteiger charge is -2.13. The van der Waals surface area contributed by atoms with Crippen molar-refractivity contribution in [3.63, 3.8) is 0 Å². The second-order valence-electron chi connectivity index (χ2n) is 5.73. The molecule has 122 valence electrons. The number of hydrogen-bond donors (Lipinski definition) is 3. The number of unbranched alkanes of at least 4 members (excludes halogenated alkanes) is 1. The highest BCUT2D eigenvalue weighted by molar-refractivity contribution is 5.92. The van der Waals surface area contributed by atoms with Crippen molar-refractivity contribution < 1.29 is 9.59 Å². The summed E-state index contributed by atoms with van der Waals surface area (Å²) in [5, 5.41) is 8.84. The smallest absolute Gasteiger partial charge is 0.239 e. The summed E-state index contributed by atoms with van der Waals surface area (Å²) in [6, 6.07) is 5.64. The second kappa shape index (κ2) is 9.07. The van der Waals surface area contributed by atoms with Crippen LogP contribution in [0.1, 0.15) is 39.2 Å². The average Bonchev–Trinajstić information content (AvgIpc) is 2.47. The fraction of sp³-hybridized carbons (Fsp3) is 0.529. The molecule has 0 bridgehead atoms. The van der Waals surface area contributed by atoms with Crippen LogP contribution in [-0.4, -0.2) is 24.9 Å². The molecule has 1 rings (SSSR count). The van der Waals surface area contributed by atoms with Crippen molar-refractivity contribution in [2.45, 2.75) is 40.5 Å². The number of anilines is 2. The van der Waals surface area contributed by atoms with E-state index in [2.05, 4.69) is 22.9 Å². The van der Waals surface area contributed by atoms with Crippen LogP contribution >= 0.6 is 0 Å². The zero-order chi connectivity index (χ0) is 16.5. The lowest BCUT2D eigenvalue weighted by atomic mass is 10.1. The van der Waals surface area contributed by atoms with E-state index >= 15 is 0 Å². The van der Waals surface area contributed by atoms with Gasteiger partial charge < -0.3 is 16.0 Å². The maximum Gasteiger partial charge on any atom is 0.239 e. The topological polar surface area (TPSA) is 70.2 Å². The molecule has 0 saturated carbocycles. The number of nitrogens with one attached hydrogen (secondary N) is 3. The van der Waals surface area contributed by atoms with Gasteiger partial charge in [0.2, 0.25) is 11.8 Å². The van der Waals surface area contributed by atoms with Crippen molar-refractivity contribution in [3.05, 3.63) is 23.8 Å². The molecule has 0 aliphatic rings. The van der Waals surface area contributed by atoms with Gasteiger partial charge in [0.15, 0.2) is 0 Å². The van der Waals surface area contributed by atoms with E-state index in [1.807, 2.05) is 39.0 Å². The largest absolute Gasteiger partial charge is 0.376 e. The minimum Gasteiger partial charge on any atom is -0.376 e. The molecule has 0 aromatic heterocycles. The minimum absolute atomic E-state index is 0.0212. The molecule has 1 aromatic carbocycles. The van der Waals surface area contributed by atoms with Crippen LogP contribution in [0.2, 0.25) is 0 Å². The molecule has 22 heavy (non-hydrogen) atoms. The summed E-state index contributed by atoms with van der Waals surface area (Å²) in [7, 11) is 0. The van der Waals surface area contributed by atoms with Gasteiger partial charge in [0, 0.05) is 23.8 Å². The molecule has 0 saturated heterocycles. The van der Waals surface area contributed by atoms with Crippen LogP contribution in [-0.2, 0) is 9.59 Å². The Morgan fingerprint density at radius 3 is 2.59 bits per heavy atom. The molecular formula is C17H27N3O2. The Bertz CT molecular complexity index is 513. The fourth-order valence-corrected chi connectivity index (χ4v) is 1.82. The maximum atomic E-state index is 11.7. The monoisotopic (exact) mass is 305 g/mol. The molecule has 0 atom stereocenters. The summed E-state index contributed by atoms with van der Waals surface area (Å²) in [5.74, 6) is -0.112. The standard InChI is InChI=1S/C17H27N3O2/c1-5-6-9-18-16(21)11-19-15-10-14(8-7-13(15)4)20-17(22)12(2)3/h7-8,10,12,19H,5-6,9,11H2,1-4H3,(H,18,21)(H,20,22). The van der Waals surface area contributed by atoms with Crippen molar-refractivity contribution >= 4 is 23.2 Å². The van der Waals surface area contributed by atoms with E-state index in [4.69, 9.17) is 0 Å². The molecule has 0 aliphatic heterocycles. The van der Waals surface area contributed by atoms with Gasteiger partial charge in [-0.25, -0.2) is 0 Å². The SMILES string of the molecule is CCCCNC(=O)CNc1cc(NC(=O)C(C)C)ccc1C. The molecule has 0 heterocycles. The van der Waals surface area contributed by atoms with E-state index in [0.717, 1.165) is 29.8 Å². The van der Waals surface area contributed by atoms with Gasteiger partial charge >= 0.3 is 0 Å². The van der Waals surface area contributed by atoms with Crippen LogP contribution < -0.4 is 16.0 Å². The van der Waals surface area contributed by atoms with Crippen molar-refractivity contribution in [1.82, 2.24) is 5.32 Å². The predicted octanol–water partition coefficient (Wildman–Crippen LogP) is 2.92. The van der Waals surface area contributed by atoms with Crippen molar-refractivity contribution in [3.8, 4) is 0 Å². The maximum absolute atomic E-state index is 11.7. The third-order valence-corrected chi connectivity index (χ3v) is 3.32. The van der Waals surface area contributed by atoms with Crippen LogP contribution in [0.4, 0.5) is 11.4 Å². The Morgan fingerprint density at radius 2 is 1.95 bits per heavy atom. The summed E-state index contributed by atoms with van der Waals surface area (Å²) >= 11 is 0. The van der Waals surface area contributed by atoms with Crippen LogP contribution in [0.5, 0.6) is 0 Å². The highest BCUT2D eigenvalue weighted by Gasteiger charge is 2.09. The van der Waals surface area contributed by atoms with Gasteiger partial charge in [-0.05, 0) is 31.0 Å². The third kappa shape index (κ3) is 6.16. The molecule has 0 spiro atoms. The first-order valence-corrected chi connectivity index (χ1v) is 7.86. The van der Waals surface area contributed by atoms with Crippen molar-refractivity contribution in [1.29, 1.82) is 0 Å². The van der Waals surface area contributed by atoms with E-state index in [0.29, 0.717) is 6.54 Å². The Hall–Kier alpha value is -2.04. The summed E-state index contributed by atoms with van der Waals surface area (Å²) in [6.45, 7) is 8.69. The summed E-state index contributed by atoms with van der Waals surface area (Å²) in [5.41, 5.74) is 2.62. The summed E-state index contributed by atoms with van der Waals surface area (Å²) < 4.78 is 0. The Morgan fingerprint density at radius 1 is 1.23 bits per heavy atom. The van der Waals surface area contributed by atoms with Crippen molar-refractivity contribution in [2.75, 3.05) is 23.7 Å². The van der Waals surface area contributed by atoms with E-state index in [9.17, 15) is 9.59 Å². The number of amides is 2. The second-order valence-corrected chi connectivity index (χ2v) is 5.73. The molecule has 3 N–H and O–H groups in total. The molecule has 0 aliphatic carbocycles. The predicted molar refractivity (Wildman–Crippen MR) is 91.1 cm³/mol. The molecule has 0 fully saturated rings. The quantitative estimate of drug-likeness (QED) is 0.647. The normalized spacial score (nSPS) is 10.4. The van der Waals surface area contributed by atoms with Gasteiger partial charge in [-0.3, -0.25) is 9.59 Å². The zero-order valence-electron chi connectivity index (χ0n) is 14.0. The Balaban J connectivity index is 2.59. The van der Waals surface area contributed by atoms with Crippen LogP contribution in [0.3, 0.4) is 0 Å². The van der Waals surface area contributed by atoms with Crippen LogP contribution in [0, 0.1) is 12.8 Å². The Labute approximate surface area is 132 Å². The van der Waals surface area contributed by atoms with E-state index in [1.54, 1.807) is 0 Å². The first-order valence-electron chi connectivity index (χ1n) is 7.86. The molecule has 0 unspecified atom stereocenters. The van der Waals surface area contributed by atoms with E-state index < -0.39 is 0 Å². The first-order chi connectivity index (χ1) is 10.4. The first kappa shape index (κ1) is 18.0. The lowest BCUT2D eigenvalue weighted by molar-refractivity contribution is -0.120. The van der Waals surface area contributed by atoms with Gasteiger partial charge in [-0.15, -0.1) is 0 Å². The van der Waals surface area contributed by atoms with Crippen LogP contribution in [0.25, 0.3) is 0 Å². The summed E-state index contributed by atoms with van der Waals surface area (Å²) in [4.78, 5) is 23.4. The number of carbonyl (C=O) groups is 2. The fourth-order valence-electron chi connectivity index (χ4n) is 1.82.